The minimum Gasteiger partial charge on any atom is -0.483 e. The largest absolute Gasteiger partial charge is 0.483 e. The fourth-order valence-electron chi connectivity index (χ4n) is 3.56. The maximum atomic E-state index is 12.8. The van der Waals surface area contributed by atoms with Gasteiger partial charge >= 0.3 is 5.97 Å². The SMILES string of the molecule is COC(=O)c1c(NC(=O)COc2ccc(C)cc2C(C)(C)C)sc(C)c1-c1ccc(Br)cc1. The van der Waals surface area contributed by atoms with Gasteiger partial charge in [-0.15, -0.1) is 11.3 Å². The Morgan fingerprint density at radius 1 is 1.06 bits per heavy atom. The lowest BCUT2D eigenvalue weighted by atomic mass is 9.85. The highest BCUT2D eigenvalue weighted by Gasteiger charge is 2.25. The van der Waals surface area contributed by atoms with Crippen LogP contribution in [0, 0.1) is 13.8 Å². The average molecular weight is 530 g/mol. The van der Waals surface area contributed by atoms with Gasteiger partial charge in [-0.2, -0.15) is 0 Å². The zero-order valence-electron chi connectivity index (χ0n) is 19.7. The van der Waals surface area contributed by atoms with E-state index in [1.807, 2.05) is 50.2 Å². The standard InChI is InChI=1S/C26H28BrNO4S/c1-15-7-12-20(19(13-15)26(3,4)5)32-14-21(29)28-24-23(25(30)31-6)22(16(2)33-24)17-8-10-18(27)11-9-17/h7-13H,14H2,1-6H3,(H,28,29). The van der Waals surface area contributed by atoms with Crippen LogP contribution in [0.25, 0.3) is 11.1 Å². The summed E-state index contributed by atoms with van der Waals surface area (Å²) < 4.78 is 11.9. The molecule has 0 aliphatic rings. The van der Waals surface area contributed by atoms with Crippen molar-refractivity contribution in [3.05, 3.63) is 68.5 Å². The first-order valence-corrected chi connectivity index (χ1v) is 12.1. The number of esters is 1. The lowest BCUT2D eigenvalue weighted by Crippen LogP contribution is -2.22. The Morgan fingerprint density at radius 3 is 2.33 bits per heavy atom. The number of rotatable bonds is 6. The van der Waals surface area contributed by atoms with E-state index in [1.54, 1.807) is 0 Å². The smallest absolute Gasteiger partial charge is 0.341 e. The van der Waals surface area contributed by atoms with E-state index in [9.17, 15) is 9.59 Å². The highest BCUT2D eigenvalue weighted by atomic mass is 79.9. The van der Waals surface area contributed by atoms with Crippen molar-refractivity contribution in [1.82, 2.24) is 0 Å². The van der Waals surface area contributed by atoms with Gasteiger partial charge in [0.2, 0.25) is 0 Å². The van der Waals surface area contributed by atoms with Gasteiger partial charge in [0, 0.05) is 14.9 Å². The third kappa shape index (κ3) is 5.84. The van der Waals surface area contributed by atoms with Crippen molar-refractivity contribution in [3.63, 3.8) is 0 Å². The van der Waals surface area contributed by atoms with Crippen molar-refractivity contribution in [3.8, 4) is 16.9 Å². The summed E-state index contributed by atoms with van der Waals surface area (Å²) in [5.41, 5.74) is 4.02. The maximum absolute atomic E-state index is 12.8. The van der Waals surface area contributed by atoms with Crippen LogP contribution in [-0.4, -0.2) is 25.6 Å². The summed E-state index contributed by atoms with van der Waals surface area (Å²) in [6, 6.07) is 13.6. The minimum atomic E-state index is -0.498. The highest BCUT2D eigenvalue weighted by Crippen LogP contribution is 2.40. The molecule has 0 radical (unpaired) electrons. The number of hydrogen-bond acceptors (Lipinski definition) is 5. The predicted octanol–water partition coefficient (Wildman–Crippen LogP) is 6.90. The Morgan fingerprint density at radius 2 is 1.73 bits per heavy atom. The molecule has 0 saturated heterocycles. The van der Waals surface area contributed by atoms with Crippen LogP contribution in [-0.2, 0) is 14.9 Å². The molecule has 2 aromatic carbocycles. The first kappa shape index (κ1) is 25.0. The number of ether oxygens (including phenoxy) is 2. The fraction of sp³-hybridized carbons (Fsp3) is 0.308. The normalized spacial score (nSPS) is 11.2. The van der Waals surface area contributed by atoms with Gasteiger partial charge in [0.15, 0.2) is 6.61 Å². The molecular formula is C26H28BrNO4S. The van der Waals surface area contributed by atoms with Crippen LogP contribution >= 0.6 is 27.3 Å². The van der Waals surface area contributed by atoms with Crippen molar-refractivity contribution in [2.45, 2.75) is 40.0 Å². The van der Waals surface area contributed by atoms with E-state index in [1.165, 1.54) is 18.4 Å². The van der Waals surface area contributed by atoms with Crippen molar-refractivity contribution in [1.29, 1.82) is 0 Å². The van der Waals surface area contributed by atoms with E-state index >= 15 is 0 Å². The van der Waals surface area contributed by atoms with Crippen LogP contribution < -0.4 is 10.1 Å². The van der Waals surface area contributed by atoms with Gasteiger partial charge in [-0.3, -0.25) is 4.79 Å². The quantitative estimate of drug-likeness (QED) is 0.353. The third-order valence-corrected chi connectivity index (χ3v) is 6.71. The van der Waals surface area contributed by atoms with Crippen LogP contribution in [0.1, 0.15) is 47.1 Å². The van der Waals surface area contributed by atoms with Crippen molar-refractivity contribution in [2.24, 2.45) is 0 Å². The molecule has 1 amide bonds. The second-order valence-electron chi connectivity index (χ2n) is 8.82. The number of amides is 1. The first-order valence-electron chi connectivity index (χ1n) is 10.5. The number of carbonyl (C=O) groups excluding carboxylic acids is 2. The van der Waals surface area contributed by atoms with E-state index < -0.39 is 5.97 Å². The van der Waals surface area contributed by atoms with Crippen LogP contribution in [0.15, 0.2) is 46.9 Å². The molecule has 5 nitrogen and oxygen atoms in total. The van der Waals surface area contributed by atoms with Gasteiger partial charge < -0.3 is 14.8 Å². The summed E-state index contributed by atoms with van der Waals surface area (Å²) in [6.45, 7) is 10.1. The van der Waals surface area contributed by atoms with Crippen molar-refractivity contribution >= 4 is 44.1 Å². The molecular weight excluding hydrogens is 502 g/mol. The van der Waals surface area contributed by atoms with Gasteiger partial charge in [0.1, 0.15) is 16.3 Å². The second kappa shape index (κ2) is 10.1. The summed E-state index contributed by atoms with van der Waals surface area (Å²) in [7, 11) is 1.33. The van der Waals surface area contributed by atoms with Crippen molar-refractivity contribution < 1.29 is 19.1 Å². The summed E-state index contributed by atoms with van der Waals surface area (Å²) in [4.78, 5) is 26.3. The molecule has 1 aromatic heterocycles. The topological polar surface area (TPSA) is 64.6 Å². The molecule has 0 unspecified atom stereocenters. The third-order valence-electron chi connectivity index (χ3n) is 5.16. The van der Waals surface area contributed by atoms with E-state index in [0.717, 1.165) is 31.6 Å². The van der Waals surface area contributed by atoms with Gasteiger partial charge in [0.05, 0.1) is 7.11 Å². The Labute approximate surface area is 207 Å². The van der Waals surface area contributed by atoms with Crippen LogP contribution in [0.3, 0.4) is 0 Å². The number of halogens is 1. The maximum Gasteiger partial charge on any atom is 0.341 e. The number of aryl methyl sites for hydroxylation is 2. The van der Waals surface area contributed by atoms with E-state index in [-0.39, 0.29) is 17.9 Å². The Hall–Kier alpha value is -2.64. The lowest BCUT2D eigenvalue weighted by Gasteiger charge is -2.23. The number of nitrogens with one attached hydrogen (secondary N) is 1. The molecule has 1 N–H and O–H groups in total. The highest BCUT2D eigenvalue weighted by molar-refractivity contribution is 9.10. The molecule has 33 heavy (non-hydrogen) atoms. The lowest BCUT2D eigenvalue weighted by molar-refractivity contribution is -0.118. The number of thiophene rings is 1. The van der Waals surface area contributed by atoms with Crippen LogP contribution in [0.5, 0.6) is 5.75 Å². The number of carbonyl (C=O) groups is 2. The number of benzene rings is 2. The monoisotopic (exact) mass is 529 g/mol. The Kier molecular flexibility index (Phi) is 7.65. The molecule has 0 fully saturated rings. The molecule has 3 aromatic rings. The Bertz CT molecular complexity index is 1180. The van der Waals surface area contributed by atoms with Gasteiger partial charge in [0.25, 0.3) is 5.91 Å². The summed E-state index contributed by atoms with van der Waals surface area (Å²) in [5, 5.41) is 3.30. The zero-order valence-corrected chi connectivity index (χ0v) is 22.1. The van der Waals surface area contributed by atoms with Gasteiger partial charge in [-0.05, 0) is 48.6 Å². The van der Waals surface area contributed by atoms with E-state index in [2.05, 4.69) is 48.1 Å². The fourth-order valence-corrected chi connectivity index (χ4v) is 4.90. The van der Waals surface area contributed by atoms with Crippen LogP contribution in [0.4, 0.5) is 5.00 Å². The molecule has 0 aliphatic carbocycles. The Balaban J connectivity index is 1.85. The molecule has 0 saturated carbocycles. The van der Waals surface area contributed by atoms with E-state index in [0.29, 0.717) is 16.3 Å². The molecule has 0 bridgehead atoms. The average Bonchev–Trinajstić information content (AvgIpc) is 3.07. The molecule has 1 heterocycles. The molecule has 0 aliphatic heterocycles. The summed E-state index contributed by atoms with van der Waals surface area (Å²) in [5.74, 6) is -0.166. The molecule has 0 spiro atoms. The molecule has 0 atom stereocenters. The number of anilines is 1. The number of methoxy groups -OCH3 is 1. The summed E-state index contributed by atoms with van der Waals surface area (Å²) >= 11 is 4.78. The van der Waals surface area contributed by atoms with Gasteiger partial charge in [-0.1, -0.05) is 66.5 Å². The second-order valence-corrected chi connectivity index (χ2v) is 11.0. The molecule has 3 rings (SSSR count). The molecule has 174 valence electrons. The van der Waals surface area contributed by atoms with Crippen LogP contribution in [0.2, 0.25) is 0 Å². The van der Waals surface area contributed by atoms with Gasteiger partial charge in [-0.25, -0.2) is 4.79 Å². The van der Waals surface area contributed by atoms with Crippen molar-refractivity contribution in [2.75, 3.05) is 19.0 Å². The zero-order chi connectivity index (χ0) is 24.3. The summed E-state index contributed by atoms with van der Waals surface area (Å²) in [6.07, 6.45) is 0. The predicted molar refractivity (Wildman–Crippen MR) is 138 cm³/mol. The first-order chi connectivity index (χ1) is 15.5. The minimum absolute atomic E-state index is 0.125. The number of hydrogen-bond donors (Lipinski definition) is 1. The van der Waals surface area contributed by atoms with E-state index in [4.69, 9.17) is 9.47 Å². The molecule has 7 heteroatoms.